The van der Waals surface area contributed by atoms with Gasteiger partial charge in [-0.1, -0.05) is 12.2 Å². The third-order valence-electron chi connectivity index (χ3n) is 1.78. The van der Waals surface area contributed by atoms with E-state index in [1.807, 2.05) is 0 Å². The van der Waals surface area contributed by atoms with Crippen LogP contribution >= 0.6 is 0 Å². The molecule has 0 amide bonds. The summed E-state index contributed by atoms with van der Waals surface area (Å²) < 4.78 is 41.1. The molecule has 88 valence electrons. The lowest BCUT2D eigenvalue weighted by atomic mass is 10.1. The molecule has 1 aromatic carbocycles. The molecule has 0 aliphatic rings. The van der Waals surface area contributed by atoms with Crippen molar-refractivity contribution in [1.29, 1.82) is 0 Å². The van der Waals surface area contributed by atoms with Gasteiger partial charge in [-0.2, -0.15) is 8.78 Å². The number of rotatable bonds is 4. The van der Waals surface area contributed by atoms with Gasteiger partial charge in [-0.15, -0.1) is 0 Å². The van der Waals surface area contributed by atoms with Crippen LogP contribution < -0.4 is 10.5 Å². The maximum absolute atomic E-state index is 13.3. The van der Waals surface area contributed by atoms with Crippen LogP contribution in [0.25, 0.3) is 6.08 Å². The van der Waals surface area contributed by atoms with Crippen molar-refractivity contribution in [3.8, 4) is 5.75 Å². The van der Waals surface area contributed by atoms with Gasteiger partial charge in [0, 0.05) is 17.7 Å². The van der Waals surface area contributed by atoms with Crippen molar-refractivity contribution in [2.45, 2.75) is 19.6 Å². The van der Waals surface area contributed by atoms with E-state index in [0.29, 0.717) is 0 Å². The lowest BCUT2D eigenvalue weighted by Gasteiger charge is -2.05. The molecule has 2 N–H and O–H groups in total. The molecule has 1 atom stereocenters. The molecule has 0 saturated carbocycles. The predicted octanol–water partition coefficient (Wildman–Crippen LogP) is 2.79. The molecule has 5 heteroatoms. The first kappa shape index (κ1) is 12.6. The smallest absolute Gasteiger partial charge is 0.387 e. The Kier molecular flexibility index (Phi) is 4.37. The van der Waals surface area contributed by atoms with E-state index < -0.39 is 12.4 Å². The molecule has 1 unspecified atom stereocenters. The van der Waals surface area contributed by atoms with E-state index in [2.05, 4.69) is 4.74 Å². The molecule has 0 fully saturated rings. The molecule has 2 nitrogen and oxygen atoms in total. The van der Waals surface area contributed by atoms with Gasteiger partial charge < -0.3 is 10.5 Å². The molecule has 0 aromatic heterocycles. The molecule has 0 heterocycles. The van der Waals surface area contributed by atoms with E-state index in [1.165, 1.54) is 18.2 Å². The third-order valence-corrected chi connectivity index (χ3v) is 1.78. The fourth-order valence-corrected chi connectivity index (χ4v) is 1.07. The van der Waals surface area contributed by atoms with E-state index in [-0.39, 0.29) is 17.4 Å². The molecule has 0 saturated heterocycles. The molecule has 1 aromatic rings. The second-order valence-corrected chi connectivity index (χ2v) is 3.28. The van der Waals surface area contributed by atoms with Crippen LogP contribution in [0, 0.1) is 5.82 Å². The SMILES string of the molecule is CC(N)/C=C/c1ccc(OC(F)F)cc1F. The number of alkyl halides is 2. The van der Waals surface area contributed by atoms with Gasteiger partial charge in [-0.25, -0.2) is 4.39 Å². The Morgan fingerprint density at radius 1 is 1.38 bits per heavy atom. The van der Waals surface area contributed by atoms with Gasteiger partial charge in [0.2, 0.25) is 0 Å². The van der Waals surface area contributed by atoms with Crippen molar-refractivity contribution in [3.05, 3.63) is 35.7 Å². The highest BCUT2D eigenvalue weighted by atomic mass is 19.3. The summed E-state index contributed by atoms with van der Waals surface area (Å²) >= 11 is 0. The first-order valence-electron chi connectivity index (χ1n) is 4.67. The fraction of sp³-hybridized carbons (Fsp3) is 0.273. The second-order valence-electron chi connectivity index (χ2n) is 3.28. The average Bonchev–Trinajstić information content (AvgIpc) is 2.15. The summed E-state index contributed by atoms with van der Waals surface area (Å²) in [5.74, 6) is -0.833. The predicted molar refractivity (Wildman–Crippen MR) is 55.7 cm³/mol. The zero-order chi connectivity index (χ0) is 12.1. The zero-order valence-electron chi connectivity index (χ0n) is 8.66. The number of halogens is 3. The van der Waals surface area contributed by atoms with E-state index in [0.717, 1.165) is 6.07 Å². The summed E-state index contributed by atoms with van der Waals surface area (Å²) in [5, 5.41) is 0. The highest BCUT2D eigenvalue weighted by Gasteiger charge is 2.06. The van der Waals surface area contributed by atoms with Gasteiger partial charge in [-0.3, -0.25) is 0 Å². The Morgan fingerprint density at radius 2 is 2.06 bits per heavy atom. The van der Waals surface area contributed by atoms with Gasteiger partial charge in [0.05, 0.1) is 0 Å². The van der Waals surface area contributed by atoms with Crippen molar-refractivity contribution in [1.82, 2.24) is 0 Å². The molecular formula is C11H12F3NO. The van der Waals surface area contributed by atoms with E-state index in [9.17, 15) is 13.2 Å². The van der Waals surface area contributed by atoms with Crippen LogP contribution in [0.5, 0.6) is 5.75 Å². The zero-order valence-corrected chi connectivity index (χ0v) is 8.66. The summed E-state index contributed by atoms with van der Waals surface area (Å²) in [6.45, 7) is -1.22. The monoisotopic (exact) mass is 231 g/mol. The first-order chi connectivity index (χ1) is 7.49. The summed E-state index contributed by atoms with van der Waals surface area (Å²) in [6.07, 6.45) is 3.10. The lowest BCUT2D eigenvalue weighted by Crippen LogP contribution is -2.10. The number of hydrogen-bond acceptors (Lipinski definition) is 2. The maximum Gasteiger partial charge on any atom is 0.387 e. The summed E-state index contributed by atoms with van der Waals surface area (Å²) in [4.78, 5) is 0. The highest BCUT2D eigenvalue weighted by molar-refractivity contribution is 5.52. The van der Waals surface area contributed by atoms with E-state index >= 15 is 0 Å². The molecule has 0 aliphatic carbocycles. The van der Waals surface area contributed by atoms with Crippen LogP contribution in [-0.2, 0) is 0 Å². The van der Waals surface area contributed by atoms with Crippen molar-refractivity contribution in [2.24, 2.45) is 5.73 Å². The number of nitrogens with two attached hydrogens (primary N) is 1. The summed E-state index contributed by atoms with van der Waals surface area (Å²) in [6, 6.07) is 3.34. The average molecular weight is 231 g/mol. The minimum absolute atomic E-state index is 0.198. The van der Waals surface area contributed by atoms with E-state index in [1.54, 1.807) is 13.0 Å². The Balaban J connectivity index is 2.83. The normalized spacial score (nSPS) is 13.4. The van der Waals surface area contributed by atoms with Gasteiger partial charge in [-0.05, 0) is 19.1 Å². The molecular weight excluding hydrogens is 219 g/mol. The third kappa shape index (κ3) is 3.94. The standard InChI is InChI=1S/C11H12F3NO/c1-7(15)2-3-8-4-5-9(6-10(8)12)16-11(13)14/h2-7,11H,15H2,1H3/b3-2+. The van der Waals surface area contributed by atoms with Crippen molar-refractivity contribution < 1.29 is 17.9 Å². The van der Waals surface area contributed by atoms with Crippen molar-refractivity contribution >= 4 is 6.08 Å². The van der Waals surface area contributed by atoms with Crippen LogP contribution in [0.2, 0.25) is 0 Å². The van der Waals surface area contributed by atoms with Crippen LogP contribution in [0.4, 0.5) is 13.2 Å². The summed E-state index contributed by atoms with van der Waals surface area (Å²) in [5.41, 5.74) is 5.73. The van der Waals surface area contributed by atoms with Crippen molar-refractivity contribution in [3.63, 3.8) is 0 Å². The Bertz CT molecular complexity index is 377. The molecule has 0 bridgehead atoms. The number of hydrogen-bond donors (Lipinski definition) is 1. The van der Waals surface area contributed by atoms with Gasteiger partial charge in [0.15, 0.2) is 0 Å². The van der Waals surface area contributed by atoms with Crippen LogP contribution in [0.3, 0.4) is 0 Å². The van der Waals surface area contributed by atoms with Gasteiger partial charge >= 0.3 is 6.61 Å². The molecule has 0 radical (unpaired) electrons. The molecule has 1 rings (SSSR count). The minimum atomic E-state index is -2.95. The van der Waals surface area contributed by atoms with Crippen LogP contribution in [0.15, 0.2) is 24.3 Å². The first-order valence-corrected chi connectivity index (χ1v) is 4.67. The second kappa shape index (κ2) is 5.55. The Labute approximate surface area is 91.5 Å². The highest BCUT2D eigenvalue weighted by Crippen LogP contribution is 2.19. The lowest BCUT2D eigenvalue weighted by molar-refractivity contribution is -0.0499. The minimum Gasteiger partial charge on any atom is -0.435 e. The number of benzene rings is 1. The number of ether oxygens (including phenoxy) is 1. The topological polar surface area (TPSA) is 35.2 Å². The fourth-order valence-electron chi connectivity index (χ4n) is 1.07. The summed E-state index contributed by atoms with van der Waals surface area (Å²) in [7, 11) is 0. The largest absolute Gasteiger partial charge is 0.435 e. The van der Waals surface area contributed by atoms with Crippen LogP contribution in [-0.4, -0.2) is 12.7 Å². The van der Waals surface area contributed by atoms with E-state index in [4.69, 9.17) is 5.73 Å². The molecule has 0 aliphatic heterocycles. The Hall–Kier alpha value is -1.49. The molecule has 16 heavy (non-hydrogen) atoms. The van der Waals surface area contributed by atoms with Gasteiger partial charge in [0.25, 0.3) is 0 Å². The Morgan fingerprint density at radius 3 is 2.56 bits per heavy atom. The quantitative estimate of drug-likeness (QED) is 0.864. The van der Waals surface area contributed by atoms with Crippen LogP contribution in [0.1, 0.15) is 12.5 Å². The maximum atomic E-state index is 13.3. The van der Waals surface area contributed by atoms with Crippen molar-refractivity contribution in [2.75, 3.05) is 0 Å². The van der Waals surface area contributed by atoms with Gasteiger partial charge in [0.1, 0.15) is 11.6 Å². The molecule has 0 spiro atoms.